The largest absolute Gasteiger partial charge is 0.383 e. The highest BCUT2D eigenvalue weighted by molar-refractivity contribution is 5.68. The Hall–Kier alpha value is -1.49. The molecule has 0 radical (unpaired) electrons. The molecule has 14 heavy (non-hydrogen) atoms. The van der Waals surface area contributed by atoms with Gasteiger partial charge in [-0.2, -0.15) is 0 Å². The topological polar surface area (TPSA) is 55.3 Å². The number of ether oxygens (including phenoxy) is 1. The molecule has 0 saturated carbocycles. The molecule has 0 N–H and O–H groups in total. The third-order valence-corrected chi connectivity index (χ3v) is 1.84. The van der Waals surface area contributed by atoms with Crippen molar-refractivity contribution in [3.05, 3.63) is 18.2 Å². The van der Waals surface area contributed by atoms with Crippen molar-refractivity contribution in [3.8, 4) is 0 Å². The Morgan fingerprint density at radius 3 is 2.64 bits per heavy atom. The van der Waals surface area contributed by atoms with Crippen molar-refractivity contribution in [1.82, 2.24) is 9.97 Å². The molecule has 0 aliphatic rings. The zero-order valence-electron chi connectivity index (χ0n) is 8.30. The molecule has 0 aliphatic carbocycles. The van der Waals surface area contributed by atoms with Crippen molar-refractivity contribution >= 4 is 12.0 Å². The van der Waals surface area contributed by atoms with Crippen molar-refractivity contribution in [3.63, 3.8) is 0 Å². The number of carbonyl (C=O) groups excluding carboxylic acids is 1. The van der Waals surface area contributed by atoms with E-state index in [1.54, 1.807) is 19.5 Å². The summed E-state index contributed by atoms with van der Waals surface area (Å²) in [6.45, 7) is 1.41. The van der Waals surface area contributed by atoms with Crippen LogP contribution in [0.5, 0.6) is 0 Å². The Morgan fingerprint density at radius 2 is 2.14 bits per heavy atom. The molecule has 0 atom stereocenters. The zero-order valence-corrected chi connectivity index (χ0v) is 8.30. The van der Waals surface area contributed by atoms with Crippen LogP contribution in [0.2, 0.25) is 0 Å². The van der Waals surface area contributed by atoms with Gasteiger partial charge in [-0.05, 0) is 0 Å². The number of hydrogen-bond donors (Lipinski definition) is 0. The highest BCUT2D eigenvalue weighted by Crippen LogP contribution is 2.07. The standard InChI is InChI=1S/C9H13N3O2/c1-12(3-4-14-2)8-5-10-9(7-13)11-6-8/h5-7H,3-4H2,1-2H3. The van der Waals surface area contributed by atoms with Gasteiger partial charge in [0, 0.05) is 20.7 Å². The van der Waals surface area contributed by atoms with Crippen LogP contribution >= 0.6 is 0 Å². The lowest BCUT2D eigenvalue weighted by Gasteiger charge is -2.17. The Bertz CT molecular complexity index is 287. The van der Waals surface area contributed by atoms with Gasteiger partial charge in [-0.25, -0.2) is 9.97 Å². The molecule has 1 aromatic rings. The van der Waals surface area contributed by atoms with Crippen molar-refractivity contribution in [2.45, 2.75) is 0 Å². The quantitative estimate of drug-likeness (QED) is 0.635. The molecule has 0 aliphatic heterocycles. The molecule has 0 saturated heterocycles. The van der Waals surface area contributed by atoms with Gasteiger partial charge >= 0.3 is 0 Å². The summed E-state index contributed by atoms with van der Waals surface area (Å²) in [6, 6.07) is 0. The molecule has 1 rings (SSSR count). The van der Waals surface area contributed by atoms with Gasteiger partial charge in [-0.15, -0.1) is 0 Å². The Labute approximate surface area is 82.7 Å². The Balaban J connectivity index is 2.61. The van der Waals surface area contributed by atoms with Gasteiger partial charge in [0.2, 0.25) is 0 Å². The summed E-state index contributed by atoms with van der Waals surface area (Å²) in [7, 11) is 3.57. The fraction of sp³-hybridized carbons (Fsp3) is 0.444. The molecular formula is C9H13N3O2. The highest BCUT2D eigenvalue weighted by Gasteiger charge is 2.01. The van der Waals surface area contributed by atoms with Gasteiger partial charge < -0.3 is 9.64 Å². The van der Waals surface area contributed by atoms with Gasteiger partial charge in [0.1, 0.15) is 0 Å². The third kappa shape index (κ3) is 2.77. The molecule has 0 fully saturated rings. The van der Waals surface area contributed by atoms with E-state index in [1.807, 2.05) is 11.9 Å². The van der Waals surface area contributed by atoms with Gasteiger partial charge in [-0.1, -0.05) is 0 Å². The van der Waals surface area contributed by atoms with Crippen molar-refractivity contribution in [1.29, 1.82) is 0 Å². The second kappa shape index (κ2) is 5.29. The first-order valence-electron chi connectivity index (χ1n) is 4.25. The van der Waals surface area contributed by atoms with Crippen LogP contribution in [0, 0.1) is 0 Å². The molecule has 0 spiro atoms. The van der Waals surface area contributed by atoms with E-state index in [0.29, 0.717) is 12.9 Å². The van der Waals surface area contributed by atoms with Crippen LogP contribution in [-0.2, 0) is 4.74 Å². The minimum atomic E-state index is 0.203. The minimum absolute atomic E-state index is 0.203. The molecule has 5 nitrogen and oxygen atoms in total. The maximum atomic E-state index is 10.3. The summed E-state index contributed by atoms with van der Waals surface area (Å²) < 4.78 is 4.94. The average Bonchev–Trinajstić information content (AvgIpc) is 2.26. The predicted molar refractivity (Wildman–Crippen MR) is 52.6 cm³/mol. The number of aromatic nitrogens is 2. The monoisotopic (exact) mass is 195 g/mol. The number of methoxy groups -OCH3 is 1. The van der Waals surface area contributed by atoms with Crippen LogP contribution in [0.4, 0.5) is 5.69 Å². The number of hydrogen-bond acceptors (Lipinski definition) is 5. The van der Waals surface area contributed by atoms with Gasteiger partial charge in [0.15, 0.2) is 12.1 Å². The van der Waals surface area contributed by atoms with E-state index in [0.717, 1.165) is 12.2 Å². The summed E-state index contributed by atoms with van der Waals surface area (Å²) in [6.07, 6.45) is 3.86. The van der Waals surface area contributed by atoms with Crippen LogP contribution in [0.25, 0.3) is 0 Å². The number of likely N-dealkylation sites (N-methyl/N-ethyl adjacent to an activating group) is 1. The zero-order chi connectivity index (χ0) is 10.4. The highest BCUT2D eigenvalue weighted by atomic mass is 16.5. The lowest BCUT2D eigenvalue weighted by atomic mass is 10.4. The molecule has 0 bridgehead atoms. The molecule has 0 unspecified atom stereocenters. The first kappa shape index (κ1) is 10.6. The van der Waals surface area contributed by atoms with E-state index < -0.39 is 0 Å². The number of anilines is 1. The normalized spacial score (nSPS) is 9.86. The fourth-order valence-electron chi connectivity index (χ4n) is 0.947. The molecule has 0 amide bonds. The smallest absolute Gasteiger partial charge is 0.192 e. The summed E-state index contributed by atoms with van der Waals surface area (Å²) in [5.41, 5.74) is 0.868. The molecule has 1 heterocycles. The summed E-state index contributed by atoms with van der Waals surface area (Å²) in [4.78, 5) is 20.0. The second-order valence-electron chi connectivity index (χ2n) is 2.83. The SMILES string of the molecule is COCCN(C)c1cnc(C=O)nc1. The number of aldehydes is 1. The second-order valence-corrected chi connectivity index (χ2v) is 2.83. The van der Waals surface area contributed by atoms with E-state index in [4.69, 9.17) is 4.74 Å². The third-order valence-electron chi connectivity index (χ3n) is 1.84. The number of nitrogens with zero attached hydrogens (tertiary/aromatic N) is 3. The van der Waals surface area contributed by atoms with Crippen molar-refractivity contribution in [2.24, 2.45) is 0 Å². The van der Waals surface area contributed by atoms with E-state index >= 15 is 0 Å². The molecule has 76 valence electrons. The minimum Gasteiger partial charge on any atom is -0.383 e. The van der Waals surface area contributed by atoms with Crippen LogP contribution in [0.1, 0.15) is 10.6 Å². The molecule has 0 aromatic carbocycles. The Morgan fingerprint density at radius 1 is 1.50 bits per heavy atom. The number of rotatable bonds is 5. The summed E-state index contributed by atoms with van der Waals surface area (Å²) in [5.74, 6) is 0.203. The van der Waals surface area contributed by atoms with E-state index in [-0.39, 0.29) is 5.82 Å². The Kier molecular flexibility index (Phi) is 4.00. The summed E-state index contributed by atoms with van der Waals surface area (Å²) in [5, 5.41) is 0. The van der Waals surface area contributed by atoms with Gasteiger partial charge in [0.25, 0.3) is 0 Å². The average molecular weight is 195 g/mol. The summed E-state index contributed by atoms with van der Waals surface area (Å²) >= 11 is 0. The first-order chi connectivity index (χ1) is 6.77. The molecular weight excluding hydrogens is 182 g/mol. The van der Waals surface area contributed by atoms with Gasteiger partial charge in [0.05, 0.1) is 24.7 Å². The molecule has 5 heteroatoms. The van der Waals surface area contributed by atoms with Crippen LogP contribution in [0.15, 0.2) is 12.4 Å². The lowest BCUT2D eigenvalue weighted by Crippen LogP contribution is -2.22. The van der Waals surface area contributed by atoms with E-state index in [1.165, 1.54) is 0 Å². The van der Waals surface area contributed by atoms with Crippen LogP contribution < -0.4 is 4.90 Å². The first-order valence-corrected chi connectivity index (χ1v) is 4.25. The van der Waals surface area contributed by atoms with Gasteiger partial charge in [-0.3, -0.25) is 4.79 Å². The maximum Gasteiger partial charge on any atom is 0.192 e. The van der Waals surface area contributed by atoms with Crippen LogP contribution in [-0.4, -0.2) is 43.6 Å². The van der Waals surface area contributed by atoms with Crippen molar-refractivity contribution < 1.29 is 9.53 Å². The maximum absolute atomic E-state index is 10.3. The predicted octanol–water partition coefficient (Wildman–Crippen LogP) is 0.372. The molecule has 1 aromatic heterocycles. The van der Waals surface area contributed by atoms with E-state index in [9.17, 15) is 4.79 Å². The number of carbonyl (C=O) groups is 1. The van der Waals surface area contributed by atoms with Crippen LogP contribution in [0.3, 0.4) is 0 Å². The van der Waals surface area contributed by atoms with Crippen molar-refractivity contribution in [2.75, 3.05) is 32.2 Å². The fourth-order valence-corrected chi connectivity index (χ4v) is 0.947. The van der Waals surface area contributed by atoms with E-state index in [2.05, 4.69) is 9.97 Å². The lowest BCUT2D eigenvalue weighted by molar-refractivity contribution is 0.111.